The molecule has 1 fully saturated rings. The topological polar surface area (TPSA) is 89.4 Å². The number of hydrogen-bond donors (Lipinski definition) is 1. The highest BCUT2D eigenvalue weighted by molar-refractivity contribution is 6.02. The van der Waals surface area contributed by atoms with Crippen molar-refractivity contribution in [1.82, 2.24) is 14.8 Å². The molecule has 3 aromatic rings. The van der Waals surface area contributed by atoms with Crippen molar-refractivity contribution in [3.63, 3.8) is 0 Å². The molecule has 9 heteroatoms. The molecule has 0 saturated carbocycles. The maximum atomic E-state index is 13.1. The summed E-state index contributed by atoms with van der Waals surface area (Å²) in [6.45, 7) is 2.87. The van der Waals surface area contributed by atoms with Gasteiger partial charge in [-0.1, -0.05) is 0 Å². The van der Waals surface area contributed by atoms with Gasteiger partial charge in [-0.05, 0) is 42.5 Å². The van der Waals surface area contributed by atoms with E-state index in [0.29, 0.717) is 24.6 Å². The van der Waals surface area contributed by atoms with E-state index >= 15 is 0 Å². The highest BCUT2D eigenvalue weighted by Gasteiger charge is 2.14. The van der Waals surface area contributed by atoms with Crippen LogP contribution in [0.5, 0.6) is 0 Å². The second kappa shape index (κ2) is 8.19. The quantitative estimate of drug-likeness (QED) is 0.725. The minimum atomic E-state index is -0.484. The van der Waals surface area contributed by atoms with Gasteiger partial charge in [-0.25, -0.2) is 9.37 Å². The second-order valence-corrected chi connectivity index (χ2v) is 6.40. The first-order chi connectivity index (χ1) is 14.1. The fourth-order valence-corrected chi connectivity index (χ4v) is 2.93. The lowest BCUT2D eigenvalue weighted by Gasteiger charge is -2.27. The van der Waals surface area contributed by atoms with E-state index in [9.17, 15) is 14.0 Å². The van der Waals surface area contributed by atoms with Crippen LogP contribution in [-0.4, -0.2) is 47.0 Å². The first kappa shape index (κ1) is 18.8. The van der Waals surface area contributed by atoms with Crippen LogP contribution in [0.1, 0.15) is 10.5 Å². The number of amides is 1. The maximum absolute atomic E-state index is 13.1. The molecule has 0 aliphatic carbocycles. The zero-order valence-corrected chi connectivity index (χ0v) is 15.4. The minimum Gasteiger partial charge on any atom is -0.378 e. The highest BCUT2D eigenvalue weighted by atomic mass is 19.1. The van der Waals surface area contributed by atoms with Crippen LogP contribution < -0.4 is 15.8 Å². The predicted octanol–water partition coefficient (Wildman–Crippen LogP) is 1.86. The van der Waals surface area contributed by atoms with Gasteiger partial charge in [0.2, 0.25) is 0 Å². The van der Waals surface area contributed by atoms with Crippen LogP contribution in [0, 0.1) is 5.82 Å². The number of benzene rings is 1. The Hall–Kier alpha value is -3.59. The Bertz CT molecular complexity index is 1060. The molecular weight excluding hydrogens is 377 g/mol. The summed E-state index contributed by atoms with van der Waals surface area (Å²) in [5, 5.41) is 6.80. The lowest BCUT2D eigenvalue weighted by molar-refractivity contribution is 0.102. The fraction of sp³-hybridized carbons (Fsp3) is 0.200. The summed E-state index contributed by atoms with van der Waals surface area (Å²) < 4.78 is 19.5. The van der Waals surface area contributed by atoms with Crippen LogP contribution in [0.3, 0.4) is 0 Å². The van der Waals surface area contributed by atoms with Crippen molar-refractivity contribution in [1.29, 1.82) is 0 Å². The Morgan fingerprint density at radius 2 is 1.79 bits per heavy atom. The van der Waals surface area contributed by atoms with E-state index in [1.54, 1.807) is 12.3 Å². The Labute approximate surface area is 165 Å². The van der Waals surface area contributed by atoms with Crippen molar-refractivity contribution in [3.05, 3.63) is 76.6 Å². The SMILES string of the molecule is O=C(Nc1ccc(N2CCOCC2)nc1)c1ccc(=O)n(-c2ccc(F)cc2)n1. The molecule has 2 aromatic heterocycles. The van der Waals surface area contributed by atoms with E-state index in [1.807, 2.05) is 6.07 Å². The van der Waals surface area contributed by atoms with Crippen LogP contribution in [0.15, 0.2) is 59.5 Å². The molecular formula is C20H18FN5O3. The van der Waals surface area contributed by atoms with Gasteiger partial charge in [-0.3, -0.25) is 9.59 Å². The van der Waals surface area contributed by atoms with Crippen molar-refractivity contribution >= 4 is 17.4 Å². The summed E-state index contributed by atoms with van der Waals surface area (Å²) in [5.41, 5.74) is 0.492. The van der Waals surface area contributed by atoms with Crippen LogP contribution in [0.4, 0.5) is 15.9 Å². The third-order valence-corrected chi connectivity index (χ3v) is 4.44. The number of hydrogen-bond acceptors (Lipinski definition) is 6. The number of nitrogens with one attached hydrogen (secondary N) is 1. The number of nitrogens with zero attached hydrogens (tertiary/aromatic N) is 4. The van der Waals surface area contributed by atoms with Gasteiger partial charge < -0.3 is 15.0 Å². The molecule has 0 spiro atoms. The summed E-state index contributed by atoms with van der Waals surface area (Å²) in [6.07, 6.45) is 1.57. The maximum Gasteiger partial charge on any atom is 0.276 e. The number of rotatable bonds is 4. The molecule has 1 N–H and O–H groups in total. The Morgan fingerprint density at radius 3 is 2.48 bits per heavy atom. The van der Waals surface area contributed by atoms with Gasteiger partial charge in [0.1, 0.15) is 17.3 Å². The third-order valence-electron chi connectivity index (χ3n) is 4.44. The van der Waals surface area contributed by atoms with Crippen molar-refractivity contribution in [2.75, 3.05) is 36.5 Å². The molecule has 148 valence electrons. The summed E-state index contributed by atoms with van der Waals surface area (Å²) >= 11 is 0. The molecule has 1 aromatic carbocycles. The summed E-state index contributed by atoms with van der Waals surface area (Å²) in [5.74, 6) is -0.0974. The average Bonchev–Trinajstić information content (AvgIpc) is 2.76. The molecule has 1 aliphatic heterocycles. The first-order valence-corrected chi connectivity index (χ1v) is 9.06. The molecule has 1 aliphatic rings. The van der Waals surface area contributed by atoms with Gasteiger partial charge in [0, 0.05) is 19.2 Å². The highest BCUT2D eigenvalue weighted by Crippen LogP contribution is 2.16. The van der Waals surface area contributed by atoms with Gasteiger partial charge in [-0.2, -0.15) is 9.78 Å². The Balaban J connectivity index is 1.50. The minimum absolute atomic E-state index is 0.0474. The van der Waals surface area contributed by atoms with E-state index in [1.165, 1.54) is 36.4 Å². The van der Waals surface area contributed by atoms with Gasteiger partial charge >= 0.3 is 0 Å². The van der Waals surface area contributed by atoms with E-state index in [2.05, 4.69) is 20.3 Å². The molecule has 0 unspecified atom stereocenters. The smallest absolute Gasteiger partial charge is 0.276 e. The molecule has 8 nitrogen and oxygen atoms in total. The van der Waals surface area contributed by atoms with Gasteiger partial charge in [0.05, 0.1) is 30.8 Å². The molecule has 29 heavy (non-hydrogen) atoms. The third kappa shape index (κ3) is 4.30. The summed E-state index contributed by atoms with van der Waals surface area (Å²) in [4.78, 5) is 31.1. The predicted molar refractivity (Wildman–Crippen MR) is 105 cm³/mol. The molecule has 0 bridgehead atoms. The fourth-order valence-electron chi connectivity index (χ4n) is 2.93. The number of ether oxygens (including phenoxy) is 1. The van der Waals surface area contributed by atoms with E-state index < -0.39 is 17.3 Å². The number of aromatic nitrogens is 3. The lowest BCUT2D eigenvalue weighted by Crippen LogP contribution is -2.36. The number of pyridine rings is 1. The van der Waals surface area contributed by atoms with Crippen LogP contribution in [-0.2, 0) is 4.74 Å². The number of halogens is 1. The second-order valence-electron chi connectivity index (χ2n) is 6.40. The summed E-state index contributed by atoms with van der Waals surface area (Å²) in [7, 11) is 0. The number of carbonyl (C=O) groups excluding carboxylic acids is 1. The number of anilines is 2. The van der Waals surface area contributed by atoms with Gasteiger partial charge in [-0.15, -0.1) is 0 Å². The molecule has 0 atom stereocenters. The van der Waals surface area contributed by atoms with Crippen molar-refractivity contribution in [3.8, 4) is 5.69 Å². The molecule has 4 rings (SSSR count). The van der Waals surface area contributed by atoms with Gasteiger partial charge in [0.25, 0.3) is 11.5 Å². The van der Waals surface area contributed by atoms with Crippen LogP contribution >= 0.6 is 0 Å². The zero-order chi connectivity index (χ0) is 20.2. The average molecular weight is 395 g/mol. The first-order valence-electron chi connectivity index (χ1n) is 9.06. The molecule has 3 heterocycles. The summed E-state index contributed by atoms with van der Waals surface area (Å²) in [6, 6.07) is 11.4. The Morgan fingerprint density at radius 1 is 1.03 bits per heavy atom. The van der Waals surface area contributed by atoms with Crippen LogP contribution in [0.2, 0.25) is 0 Å². The standard InChI is InChI=1S/C20H18FN5O3/c21-14-1-4-16(5-2-14)26-19(27)8-6-17(24-26)20(28)23-15-3-7-18(22-13-15)25-9-11-29-12-10-25/h1-8,13H,9-12H2,(H,23,28). The normalized spacial score (nSPS) is 13.9. The zero-order valence-electron chi connectivity index (χ0n) is 15.4. The van der Waals surface area contributed by atoms with Crippen LogP contribution in [0.25, 0.3) is 5.69 Å². The largest absolute Gasteiger partial charge is 0.378 e. The van der Waals surface area contributed by atoms with Crippen molar-refractivity contribution < 1.29 is 13.9 Å². The molecule has 0 radical (unpaired) electrons. The van der Waals surface area contributed by atoms with Crippen molar-refractivity contribution in [2.45, 2.75) is 0 Å². The number of morpholine rings is 1. The lowest BCUT2D eigenvalue weighted by atomic mass is 10.3. The van der Waals surface area contributed by atoms with E-state index in [4.69, 9.17) is 4.74 Å². The van der Waals surface area contributed by atoms with E-state index in [-0.39, 0.29) is 5.69 Å². The molecule has 1 amide bonds. The van der Waals surface area contributed by atoms with E-state index in [0.717, 1.165) is 23.6 Å². The Kier molecular flexibility index (Phi) is 5.30. The van der Waals surface area contributed by atoms with Crippen molar-refractivity contribution in [2.24, 2.45) is 0 Å². The molecule has 1 saturated heterocycles. The number of carbonyl (C=O) groups is 1. The van der Waals surface area contributed by atoms with Gasteiger partial charge in [0.15, 0.2) is 0 Å². The monoisotopic (exact) mass is 395 g/mol.